The molecule has 2 rings (SSSR count). The van der Waals surface area contributed by atoms with E-state index in [1.54, 1.807) is 6.07 Å². The number of carbonyl (C=O) groups is 1. The molecule has 5 nitrogen and oxygen atoms in total. The lowest BCUT2D eigenvalue weighted by Crippen LogP contribution is -2.38. The maximum Gasteiger partial charge on any atom is 0.264 e. The number of rotatable bonds is 6. The first-order valence-corrected chi connectivity index (χ1v) is 7.74. The molecular formula is C17H19ClN2O3. The van der Waals surface area contributed by atoms with Crippen LogP contribution in [-0.4, -0.2) is 24.0 Å². The first kappa shape index (κ1) is 17.1. The molecular weight excluding hydrogens is 316 g/mol. The van der Waals surface area contributed by atoms with Gasteiger partial charge in [-0.05, 0) is 36.6 Å². The zero-order valence-electron chi connectivity index (χ0n) is 13.1. The Morgan fingerprint density at radius 1 is 1.30 bits per heavy atom. The average molecular weight is 335 g/mol. The minimum absolute atomic E-state index is 0.00967. The molecule has 0 fully saturated rings. The number of halogens is 1. The van der Waals surface area contributed by atoms with E-state index < -0.39 is 11.5 Å². The second-order valence-electron chi connectivity index (χ2n) is 5.16. The number of aromatic amines is 1. The zero-order valence-corrected chi connectivity index (χ0v) is 13.8. The molecule has 23 heavy (non-hydrogen) atoms. The van der Waals surface area contributed by atoms with Crippen LogP contribution in [0.4, 0.5) is 0 Å². The summed E-state index contributed by atoms with van der Waals surface area (Å²) in [6, 6.07) is 8.94. The van der Waals surface area contributed by atoms with Gasteiger partial charge in [-0.3, -0.25) is 9.59 Å². The molecule has 2 aromatic rings. The average Bonchev–Trinajstić information content (AvgIpc) is 2.55. The highest BCUT2D eigenvalue weighted by atomic mass is 35.5. The fourth-order valence-corrected chi connectivity index (χ4v) is 2.43. The molecule has 2 N–H and O–H groups in total. The molecule has 1 heterocycles. The topological polar surface area (TPSA) is 71.2 Å². The lowest BCUT2D eigenvalue weighted by atomic mass is 10.0. The maximum absolute atomic E-state index is 12.4. The summed E-state index contributed by atoms with van der Waals surface area (Å²) in [5.41, 5.74) is 0.586. The molecule has 0 aliphatic heterocycles. The van der Waals surface area contributed by atoms with Gasteiger partial charge >= 0.3 is 0 Å². The van der Waals surface area contributed by atoms with Crippen LogP contribution in [0.3, 0.4) is 0 Å². The van der Waals surface area contributed by atoms with Crippen LogP contribution in [0.5, 0.6) is 5.75 Å². The Morgan fingerprint density at radius 3 is 2.61 bits per heavy atom. The van der Waals surface area contributed by atoms with Crippen molar-refractivity contribution in [1.82, 2.24) is 10.3 Å². The summed E-state index contributed by atoms with van der Waals surface area (Å²) in [6.07, 6.45) is 2.84. The largest absolute Gasteiger partial charge is 0.496 e. The van der Waals surface area contributed by atoms with E-state index in [9.17, 15) is 9.59 Å². The molecule has 6 heteroatoms. The van der Waals surface area contributed by atoms with Crippen molar-refractivity contribution in [2.45, 2.75) is 25.8 Å². The Balaban J connectivity index is 2.14. The van der Waals surface area contributed by atoms with Crippen molar-refractivity contribution in [3.05, 3.63) is 63.0 Å². The number of H-pyrrole nitrogens is 1. The van der Waals surface area contributed by atoms with E-state index in [0.717, 1.165) is 12.0 Å². The third kappa shape index (κ3) is 4.36. The Hall–Kier alpha value is -2.27. The molecule has 0 saturated heterocycles. The predicted octanol–water partition coefficient (Wildman–Crippen LogP) is 2.79. The minimum Gasteiger partial charge on any atom is -0.496 e. The minimum atomic E-state index is -0.469. The van der Waals surface area contributed by atoms with Crippen LogP contribution < -0.4 is 15.6 Å². The Bertz CT molecular complexity index is 725. The Labute approximate surface area is 139 Å². The molecule has 0 spiro atoms. The summed E-state index contributed by atoms with van der Waals surface area (Å²) in [6.45, 7) is 1.98. The molecule has 1 amide bonds. The molecule has 0 aliphatic rings. The normalized spacial score (nSPS) is 11.8. The van der Waals surface area contributed by atoms with Crippen molar-refractivity contribution in [3.8, 4) is 5.75 Å². The summed E-state index contributed by atoms with van der Waals surface area (Å²) in [5.74, 6) is -0.183. The quantitative estimate of drug-likeness (QED) is 0.853. The first-order chi connectivity index (χ1) is 11.0. The fourth-order valence-electron chi connectivity index (χ4n) is 2.31. The highest BCUT2D eigenvalue weighted by molar-refractivity contribution is 6.30. The number of methoxy groups -OCH3 is 1. The summed E-state index contributed by atoms with van der Waals surface area (Å²) >= 11 is 5.88. The molecule has 1 aromatic heterocycles. The van der Waals surface area contributed by atoms with E-state index in [-0.39, 0.29) is 17.4 Å². The molecule has 1 aromatic carbocycles. The predicted molar refractivity (Wildman–Crippen MR) is 90.3 cm³/mol. The number of amides is 1. The molecule has 1 atom stereocenters. The van der Waals surface area contributed by atoms with E-state index in [1.807, 2.05) is 31.2 Å². The van der Waals surface area contributed by atoms with Crippen LogP contribution >= 0.6 is 11.6 Å². The van der Waals surface area contributed by atoms with Gasteiger partial charge in [0.1, 0.15) is 11.3 Å². The van der Waals surface area contributed by atoms with Gasteiger partial charge in [-0.25, -0.2) is 0 Å². The number of carbonyl (C=O) groups excluding carboxylic acids is 1. The van der Waals surface area contributed by atoms with Crippen LogP contribution in [0, 0.1) is 0 Å². The van der Waals surface area contributed by atoms with Gasteiger partial charge < -0.3 is 15.0 Å². The second-order valence-corrected chi connectivity index (χ2v) is 5.60. The summed E-state index contributed by atoms with van der Waals surface area (Å²) in [5, 5.41) is 3.56. The number of aromatic nitrogens is 1. The van der Waals surface area contributed by atoms with Crippen molar-refractivity contribution < 1.29 is 9.53 Å². The first-order valence-electron chi connectivity index (χ1n) is 7.36. The van der Waals surface area contributed by atoms with Crippen LogP contribution in [0.1, 0.15) is 29.3 Å². The van der Waals surface area contributed by atoms with Crippen LogP contribution in [0.2, 0.25) is 5.02 Å². The fraction of sp³-hybridized carbons (Fsp3) is 0.294. The summed E-state index contributed by atoms with van der Waals surface area (Å²) < 4.78 is 5.10. The van der Waals surface area contributed by atoms with Crippen molar-refractivity contribution in [2.75, 3.05) is 7.11 Å². The summed E-state index contributed by atoms with van der Waals surface area (Å²) in [4.78, 5) is 26.8. The maximum atomic E-state index is 12.4. The summed E-state index contributed by atoms with van der Waals surface area (Å²) in [7, 11) is 1.43. The van der Waals surface area contributed by atoms with E-state index in [4.69, 9.17) is 16.3 Å². The standard InChI is InChI=1S/C17H19ClN2O3/c1-3-13(10-11-4-6-12(18)7-5-11)20-17(22)15-14(23-2)8-9-19-16(15)21/h4-9,13H,3,10H2,1-2H3,(H,19,21)(H,20,22). The second kappa shape index (κ2) is 7.83. The van der Waals surface area contributed by atoms with Gasteiger partial charge in [0.2, 0.25) is 0 Å². The lowest BCUT2D eigenvalue weighted by Gasteiger charge is -2.17. The van der Waals surface area contributed by atoms with Gasteiger partial charge in [0, 0.05) is 17.3 Å². The SMILES string of the molecule is CCC(Cc1ccc(Cl)cc1)NC(=O)c1c(OC)cc[nH]c1=O. The third-order valence-electron chi connectivity index (χ3n) is 3.59. The van der Waals surface area contributed by atoms with Crippen molar-refractivity contribution in [1.29, 1.82) is 0 Å². The lowest BCUT2D eigenvalue weighted by molar-refractivity contribution is 0.0931. The number of hydrogen-bond acceptors (Lipinski definition) is 3. The number of benzene rings is 1. The van der Waals surface area contributed by atoms with Crippen molar-refractivity contribution in [3.63, 3.8) is 0 Å². The van der Waals surface area contributed by atoms with Gasteiger partial charge in [0.05, 0.1) is 7.11 Å². The van der Waals surface area contributed by atoms with Crippen molar-refractivity contribution in [2.24, 2.45) is 0 Å². The Kier molecular flexibility index (Phi) is 5.82. The molecule has 0 bridgehead atoms. The number of hydrogen-bond donors (Lipinski definition) is 2. The van der Waals surface area contributed by atoms with E-state index >= 15 is 0 Å². The molecule has 0 aliphatic carbocycles. The molecule has 122 valence electrons. The smallest absolute Gasteiger partial charge is 0.264 e. The number of pyridine rings is 1. The number of nitrogens with one attached hydrogen (secondary N) is 2. The van der Waals surface area contributed by atoms with Gasteiger partial charge in [-0.2, -0.15) is 0 Å². The zero-order chi connectivity index (χ0) is 16.8. The van der Waals surface area contributed by atoms with Crippen LogP contribution in [-0.2, 0) is 6.42 Å². The van der Waals surface area contributed by atoms with Crippen LogP contribution in [0.15, 0.2) is 41.3 Å². The molecule has 1 unspecified atom stereocenters. The van der Waals surface area contributed by atoms with E-state index in [2.05, 4.69) is 10.3 Å². The highest BCUT2D eigenvalue weighted by Gasteiger charge is 2.19. The monoisotopic (exact) mass is 334 g/mol. The molecule has 0 saturated carbocycles. The van der Waals surface area contributed by atoms with E-state index in [1.165, 1.54) is 13.3 Å². The Morgan fingerprint density at radius 2 is 2.00 bits per heavy atom. The highest BCUT2D eigenvalue weighted by Crippen LogP contribution is 2.15. The van der Waals surface area contributed by atoms with Gasteiger partial charge in [0.15, 0.2) is 0 Å². The van der Waals surface area contributed by atoms with Gasteiger partial charge in [0.25, 0.3) is 11.5 Å². The third-order valence-corrected chi connectivity index (χ3v) is 3.84. The molecule has 0 radical (unpaired) electrons. The van der Waals surface area contributed by atoms with Crippen LogP contribution in [0.25, 0.3) is 0 Å². The van der Waals surface area contributed by atoms with Crippen molar-refractivity contribution >= 4 is 17.5 Å². The van der Waals surface area contributed by atoms with Gasteiger partial charge in [-0.1, -0.05) is 30.7 Å². The number of ether oxygens (including phenoxy) is 1. The van der Waals surface area contributed by atoms with E-state index in [0.29, 0.717) is 11.4 Å². The van der Waals surface area contributed by atoms with Gasteiger partial charge in [-0.15, -0.1) is 0 Å².